The molecule has 0 aliphatic rings. The fraction of sp³-hybridized carbons (Fsp3) is 0.529. The minimum absolute atomic E-state index is 0. The number of rotatable bonds is 6. The van der Waals surface area contributed by atoms with Crippen LogP contribution in [0.4, 0.5) is 13.2 Å². The maximum absolute atomic E-state index is 12.1. The number of carbonyl (C=O) groups is 1. The molecule has 27 heavy (non-hydrogen) atoms. The number of esters is 1. The number of alkyl halides is 3. The van der Waals surface area contributed by atoms with Crippen LogP contribution in [-0.4, -0.2) is 43.9 Å². The molecule has 0 saturated carbocycles. The van der Waals surface area contributed by atoms with Crippen LogP contribution in [0, 0.1) is 0 Å². The molecule has 0 saturated heterocycles. The minimum Gasteiger partial charge on any atom is -0.484 e. The van der Waals surface area contributed by atoms with Crippen LogP contribution in [-0.2, 0) is 16.1 Å². The van der Waals surface area contributed by atoms with Crippen molar-refractivity contribution in [3.8, 4) is 5.75 Å². The third-order valence-corrected chi connectivity index (χ3v) is 2.83. The van der Waals surface area contributed by atoms with Gasteiger partial charge in [0.05, 0.1) is 0 Å². The summed E-state index contributed by atoms with van der Waals surface area (Å²) in [6.07, 6.45) is -4.37. The number of halogens is 4. The summed E-state index contributed by atoms with van der Waals surface area (Å²) in [7, 11) is 1.55. The van der Waals surface area contributed by atoms with Gasteiger partial charge in [-0.1, -0.05) is 12.1 Å². The van der Waals surface area contributed by atoms with Crippen molar-refractivity contribution in [1.82, 2.24) is 10.6 Å². The first-order valence-electron chi connectivity index (χ1n) is 7.93. The molecule has 0 aromatic heterocycles. The topological polar surface area (TPSA) is 72.0 Å². The molecule has 0 spiro atoms. The van der Waals surface area contributed by atoms with Crippen molar-refractivity contribution in [2.75, 3.05) is 20.2 Å². The van der Waals surface area contributed by atoms with Gasteiger partial charge in [0.25, 0.3) is 0 Å². The van der Waals surface area contributed by atoms with Gasteiger partial charge >= 0.3 is 12.1 Å². The van der Waals surface area contributed by atoms with Gasteiger partial charge in [-0.25, -0.2) is 0 Å². The van der Waals surface area contributed by atoms with Gasteiger partial charge in [0, 0.05) is 13.6 Å². The molecule has 1 rings (SSSR count). The summed E-state index contributed by atoms with van der Waals surface area (Å²) >= 11 is 0. The number of aliphatic imine (C=N–C) groups is 1. The maximum Gasteiger partial charge on any atom is 0.422 e. The van der Waals surface area contributed by atoms with Crippen LogP contribution in [0.5, 0.6) is 5.75 Å². The fourth-order valence-electron chi connectivity index (χ4n) is 1.81. The Bertz CT molecular complexity index is 615. The van der Waals surface area contributed by atoms with Gasteiger partial charge < -0.3 is 20.1 Å². The Labute approximate surface area is 173 Å². The zero-order chi connectivity index (χ0) is 19.8. The molecule has 10 heteroatoms. The highest BCUT2D eigenvalue weighted by molar-refractivity contribution is 14.0. The highest BCUT2D eigenvalue weighted by Crippen LogP contribution is 2.18. The van der Waals surface area contributed by atoms with Gasteiger partial charge in [0.2, 0.25) is 0 Å². The Morgan fingerprint density at radius 2 is 1.70 bits per heavy atom. The Morgan fingerprint density at radius 3 is 2.19 bits per heavy atom. The zero-order valence-corrected chi connectivity index (χ0v) is 18.0. The van der Waals surface area contributed by atoms with Crippen molar-refractivity contribution in [1.29, 1.82) is 0 Å². The number of nitrogens with one attached hydrogen (secondary N) is 2. The molecule has 0 unspecified atom stereocenters. The SMILES string of the molecule is CN=C(NCC(=O)OC(C)(C)C)NCc1ccc(OCC(F)(F)F)cc1.I. The molecule has 2 N–H and O–H groups in total. The van der Waals surface area contributed by atoms with Gasteiger partial charge in [-0.15, -0.1) is 24.0 Å². The molecule has 6 nitrogen and oxygen atoms in total. The van der Waals surface area contributed by atoms with E-state index in [1.165, 1.54) is 12.1 Å². The second kappa shape index (κ2) is 11.2. The number of ether oxygens (including phenoxy) is 2. The molecule has 0 amide bonds. The van der Waals surface area contributed by atoms with Crippen molar-refractivity contribution in [2.24, 2.45) is 4.99 Å². The quantitative estimate of drug-likeness (QED) is 0.270. The van der Waals surface area contributed by atoms with Gasteiger partial charge in [0.15, 0.2) is 12.6 Å². The summed E-state index contributed by atoms with van der Waals surface area (Å²) in [4.78, 5) is 15.6. The van der Waals surface area contributed by atoms with Gasteiger partial charge in [-0.3, -0.25) is 9.79 Å². The lowest BCUT2D eigenvalue weighted by Gasteiger charge is -2.20. The normalized spacial score (nSPS) is 12.0. The second-order valence-corrected chi connectivity index (χ2v) is 6.41. The molecule has 0 radical (unpaired) electrons. The third kappa shape index (κ3) is 12.3. The number of guanidine groups is 1. The van der Waals surface area contributed by atoms with Crippen LogP contribution in [0.1, 0.15) is 26.3 Å². The summed E-state index contributed by atoms with van der Waals surface area (Å²) in [5, 5.41) is 5.81. The number of benzene rings is 1. The number of nitrogens with zero attached hydrogens (tertiary/aromatic N) is 1. The molecular weight excluding hydrogens is 478 g/mol. The molecule has 0 aliphatic carbocycles. The molecule has 0 bridgehead atoms. The minimum atomic E-state index is -4.37. The van der Waals surface area contributed by atoms with E-state index >= 15 is 0 Å². The largest absolute Gasteiger partial charge is 0.484 e. The first-order valence-corrected chi connectivity index (χ1v) is 7.93. The van der Waals surface area contributed by atoms with Crippen molar-refractivity contribution in [3.63, 3.8) is 0 Å². The number of hydrogen-bond donors (Lipinski definition) is 2. The summed E-state index contributed by atoms with van der Waals surface area (Å²) in [6.45, 7) is 4.33. The zero-order valence-electron chi connectivity index (χ0n) is 15.6. The summed E-state index contributed by atoms with van der Waals surface area (Å²) < 4.78 is 46.1. The molecular formula is C17H25F3IN3O3. The maximum atomic E-state index is 12.1. The molecule has 0 fully saturated rings. The van der Waals surface area contributed by atoms with E-state index in [-0.39, 0.29) is 36.3 Å². The lowest BCUT2D eigenvalue weighted by Crippen LogP contribution is -2.41. The van der Waals surface area contributed by atoms with Crippen LogP contribution < -0.4 is 15.4 Å². The van der Waals surface area contributed by atoms with Crippen LogP contribution in [0.25, 0.3) is 0 Å². The first kappa shape index (κ1) is 25.3. The summed E-state index contributed by atoms with van der Waals surface area (Å²) in [6, 6.07) is 6.19. The lowest BCUT2D eigenvalue weighted by atomic mass is 10.2. The number of carbonyl (C=O) groups excluding carboxylic acids is 1. The molecule has 1 aromatic rings. The van der Waals surface area contributed by atoms with Crippen molar-refractivity contribution in [3.05, 3.63) is 29.8 Å². The average Bonchev–Trinajstić information content (AvgIpc) is 2.51. The average molecular weight is 503 g/mol. The van der Waals surface area contributed by atoms with Crippen LogP contribution in [0.2, 0.25) is 0 Å². The smallest absolute Gasteiger partial charge is 0.422 e. The standard InChI is InChI=1S/C17H24F3N3O3.HI/c1-16(2,3)26-14(24)10-23-15(21-4)22-9-12-5-7-13(8-6-12)25-11-17(18,19)20;/h5-8H,9-11H2,1-4H3,(H2,21,22,23);1H. The van der Waals surface area contributed by atoms with E-state index in [0.29, 0.717) is 12.5 Å². The molecule has 0 atom stereocenters. The van der Waals surface area contributed by atoms with Crippen LogP contribution in [0.3, 0.4) is 0 Å². The Hall–Kier alpha value is -1.72. The highest BCUT2D eigenvalue weighted by atomic mass is 127. The monoisotopic (exact) mass is 503 g/mol. The van der Waals surface area contributed by atoms with Crippen LogP contribution in [0.15, 0.2) is 29.3 Å². The van der Waals surface area contributed by atoms with Gasteiger partial charge in [-0.2, -0.15) is 13.2 Å². The Balaban J connectivity index is 0.00000676. The number of hydrogen-bond acceptors (Lipinski definition) is 4. The Kier molecular flexibility index (Phi) is 10.5. The lowest BCUT2D eigenvalue weighted by molar-refractivity contribution is -0.154. The van der Waals surface area contributed by atoms with Crippen molar-refractivity contribution < 1.29 is 27.4 Å². The van der Waals surface area contributed by atoms with Gasteiger partial charge in [-0.05, 0) is 38.5 Å². The van der Waals surface area contributed by atoms with Crippen LogP contribution >= 0.6 is 24.0 Å². The molecule has 1 aromatic carbocycles. The predicted molar refractivity (Wildman–Crippen MR) is 107 cm³/mol. The molecule has 0 heterocycles. The van der Waals surface area contributed by atoms with E-state index in [9.17, 15) is 18.0 Å². The van der Waals surface area contributed by atoms with Crippen molar-refractivity contribution in [2.45, 2.75) is 39.1 Å². The second-order valence-electron chi connectivity index (χ2n) is 6.41. The van der Waals surface area contributed by atoms with E-state index in [0.717, 1.165) is 5.56 Å². The van der Waals surface area contributed by atoms with E-state index < -0.39 is 24.4 Å². The first-order chi connectivity index (χ1) is 12.0. The molecule has 0 aliphatic heterocycles. The van der Waals surface area contributed by atoms with E-state index in [4.69, 9.17) is 4.74 Å². The predicted octanol–water partition coefficient (Wildman–Crippen LogP) is 3.25. The van der Waals surface area contributed by atoms with Crippen molar-refractivity contribution >= 4 is 35.9 Å². The fourth-order valence-corrected chi connectivity index (χ4v) is 1.81. The van der Waals surface area contributed by atoms with Gasteiger partial charge in [0.1, 0.15) is 17.9 Å². The summed E-state index contributed by atoms with van der Waals surface area (Å²) in [5.41, 5.74) is 0.246. The van der Waals surface area contributed by atoms with E-state index in [1.54, 1.807) is 40.0 Å². The summed E-state index contributed by atoms with van der Waals surface area (Å²) in [5.74, 6) is 0.124. The van der Waals surface area contributed by atoms with E-state index in [1.807, 2.05) is 0 Å². The highest BCUT2D eigenvalue weighted by Gasteiger charge is 2.28. The molecule has 154 valence electrons. The Morgan fingerprint density at radius 1 is 1.11 bits per heavy atom. The third-order valence-electron chi connectivity index (χ3n) is 2.83. The van der Waals surface area contributed by atoms with E-state index in [2.05, 4.69) is 20.4 Å².